The highest BCUT2D eigenvalue weighted by Crippen LogP contribution is 2.09. The third-order valence-electron chi connectivity index (χ3n) is 3.82. The highest BCUT2D eigenvalue weighted by atomic mass is 35.5. The van der Waals surface area contributed by atoms with Gasteiger partial charge in [0.15, 0.2) is 0 Å². The normalized spacial score (nSPS) is 17.7. The second-order valence-electron chi connectivity index (χ2n) is 5.35. The molecule has 0 saturated carbocycles. The smallest absolute Gasteiger partial charge is 0.0234 e. The molecule has 1 aromatic rings. The molecule has 0 bridgehead atoms. The van der Waals surface area contributed by atoms with Crippen LogP contribution in [0.2, 0.25) is 0 Å². The van der Waals surface area contributed by atoms with Crippen molar-refractivity contribution in [1.82, 2.24) is 9.80 Å². The van der Waals surface area contributed by atoms with Gasteiger partial charge in [-0.2, -0.15) is 0 Å². The topological polar surface area (TPSA) is 6.48 Å². The van der Waals surface area contributed by atoms with Crippen LogP contribution in [-0.2, 0) is 6.54 Å². The van der Waals surface area contributed by atoms with E-state index in [-0.39, 0.29) is 0 Å². The quantitative estimate of drug-likeness (QED) is 0.559. The first-order valence-corrected chi connectivity index (χ1v) is 7.96. The summed E-state index contributed by atoms with van der Waals surface area (Å²) < 4.78 is 0. The van der Waals surface area contributed by atoms with Gasteiger partial charge in [0.05, 0.1) is 0 Å². The molecule has 2 nitrogen and oxygen atoms in total. The van der Waals surface area contributed by atoms with Crippen molar-refractivity contribution in [2.45, 2.75) is 25.8 Å². The second kappa shape index (κ2) is 8.57. The molecule has 19 heavy (non-hydrogen) atoms. The van der Waals surface area contributed by atoms with Crippen LogP contribution in [0.4, 0.5) is 0 Å². The molecule has 1 aromatic carbocycles. The summed E-state index contributed by atoms with van der Waals surface area (Å²) in [5.41, 5.74) is 1.43. The van der Waals surface area contributed by atoms with E-state index >= 15 is 0 Å². The van der Waals surface area contributed by atoms with Gasteiger partial charge in [-0.05, 0) is 24.9 Å². The number of nitrogens with zero attached hydrogens (tertiary/aromatic N) is 2. The molecule has 1 fully saturated rings. The molecular weight excluding hydrogens is 256 g/mol. The molecular formula is C16H25ClN2. The van der Waals surface area contributed by atoms with Crippen LogP contribution < -0.4 is 0 Å². The average molecular weight is 281 g/mol. The van der Waals surface area contributed by atoms with Crippen molar-refractivity contribution in [2.75, 3.05) is 38.6 Å². The molecule has 1 aliphatic heterocycles. The number of hydrogen-bond donors (Lipinski definition) is 0. The van der Waals surface area contributed by atoms with Crippen LogP contribution in [0, 0.1) is 0 Å². The van der Waals surface area contributed by atoms with Crippen LogP contribution in [0.3, 0.4) is 0 Å². The third kappa shape index (κ3) is 5.52. The molecule has 0 radical (unpaired) electrons. The van der Waals surface area contributed by atoms with Gasteiger partial charge in [-0.3, -0.25) is 4.90 Å². The van der Waals surface area contributed by atoms with E-state index in [0.29, 0.717) is 0 Å². The fourth-order valence-corrected chi connectivity index (χ4v) is 2.81. The Morgan fingerprint density at radius 2 is 1.53 bits per heavy atom. The molecule has 0 amide bonds. The predicted molar refractivity (Wildman–Crippen MR) is 82.7 cm³/mol. The van der Waals surface area contributed by atoms with Crippen LogP contribution >= 0.6 is 11.6 Å². The Hall–Kier alpha value is -0.570. The molecule has 106 valence electrons. The minimum Gasteiger partial charge on any atom is -0.301 e. The summed E-state index contributed by atoms with van der Waals surface area (Å²) in [4.78, 5) is 5.15. The lowest BCUT2D eigenvalue weighted by Crippen LogP contribution is -2.46. The minimum absolute atomic E-state index is 0.810. The van der Waals surface area contributed by atoms with Gasteiger partial charge in [0.1, 0.15) is 0 Å². The number of hydrogen-bond acceptors (Lipinski definition) is 2. The molecule has 0 atom stereocenters. The Morgan fingerprint density at radius 1 is 0.842 bits per heavy atom. The van der Waals surface area contributed by atoms with Gasteiger partial charge in [-0.1, -0.05) is 36.8 Å². The number of benzene rings is 1. The van der Waals surface area contributed by atoms with Crippen LogP contribution in [0.5, 0.6) is 0 Å². The standard InChI is InChI=1S/C16H25ClN2/c17-9-5-2-6-10-18-11-13-19(14-12-18)15-16-7-3-1-4-8-16/h1,3-4,7-8H,2,5-6,9-15H2. The van der Waals surface area contributed by atoms with Gasteiger partial charge in [0, 0.05) is 38.6 Å². The summed E-state index contributed by atoms with van der Waals surface area (Å²) in [6.07, 6.45) is 3.73. The molecule has 1 aliphatic rings. The summed E-state index contributed by atoms with van der Waals surface area (Å²) in [6.45, 7) is 7.17. The first-order chi connectivity index (χ1) is 9.38. The van der Waals surface area contributed by atoms with Gasteiger partial charge < -0.3 is 4.90 Å². The zero-order valence-corrected chi connectivity index (χ0v) is 12.5. The lowest BCUT2D eigenvalue weighted by atomic mass is 10.2. The summed E-state index contributed by atoms with van der Waals surface area (Å²) in [5.74, 6) is 0.810. The molecule has 0 aliphatic carbocycles. The number of rotatable bonds is 7. The third-order valence-corrected chi connectivity index (χ3v) is 4.09. The molecule has 0 N–H and O–H groups in total. The molecule has 2 rings (SSSR count). The van der Waals surface area contributed by atoms with E-state index < -0.39 is 0 Å². The summed E-state index contributed by atoms with van der Waals surface area (Å²) in [7, 11) is 0. The maximum Gasteiger partial charge on any atom is 0.0234 e. The van der Waals surface area contributed by atoms with Gasteiger partial charge >= 0.3 is 0 Å². The van der Waals surface area contributed by atoms with Crippen molar-refractivity contribution in [3.05, 3.63) is 35.9 Å². The molecule has 0 aromatic heterocycles. The first kappa shape index (κ1) is 14.8. The van der Waals surface area contributed by atoms with Crippen molar-refractivity contribution < 1.29 is 0 Å². The van der Waals surface area contributed by atoms with Crippen LogP contribution in [-0.4, -0.2) is 48.4 Å². The molecule has 3 heteroatoms. The van der Waals surface area contributed by atoms with E-state index in [2.05, 4.69) is 40.1 Å². The summed E-state index contributed by atoms with van der Waals surface area (Å²) in [6, 6.07) is 10.8. The minimum atomic E-state index is 0.810. The monoisotopic (exact) mass is 280 g/mol. The zero-order chi connectivity index (χ0) is 13.3. The Morgan fingerprint density at radius 3 is 2.21 bits per heavy atom. The van der Waals surface area contributed by atoms with Crippen molar-refractivity contribution >= 4 is 11.6 Å². The SMILES string of the molecule is ClCCCCCN1CCN(Cc2ccccc2)CC1. The van der Waals surface area contributed by atoms with Gasteiger partial charge in [0.2, 0.25) is 0 Å². The Balaban J connectivity index is 1.62. The first-order valence-electron chi connectivity index (χ1n) is 7.43. The highest BCUT2D eigenvalue weighted by molar-refractivity contribution is 6.17. The van der Waals surface area contributed by atoms with Crippen LogP contribution in [0.1, 0.15) is 24.8 Å². The maximum absolute atomic E-state index is 5.70. The van der Waals surface area contributed by atoms with E-state index in [1.54, 1.807) is 0 Å². The van der Waals surface area contributed by atoms with Crippen molar-refractivity contribution in [3.8, 4) is 0 Å². The van der Waals surface area contributed by atoms with E-state index in [4.69, 9.17) is 11.6 Å². The van der Waals surface area contributed by atoms with Gasteiger partial charge in [0.25, 0.3) is 0 Å². The second-order valence-corrected chi connectivity index (χ2v) is 5.73. The Kier molecular flexibility index (Phi) is 6.69. The summed E-state index contributed by atoms with van der Waals surface area (Å²) >= 11 is 5.70. The molecule has 0 spiro atoms. The van der Waals surface area contributed by atoms with Crippen molar-refractivity contribution in [2.24, 2.45) is 0 Å². The molecule has 0 unspecified atom stereocenters. The highest BCUT2D eigenvalue weighted by Gasteiger charge is 2.16. The van der Waals surface area contributed by atoms with Crippen LogP contribution in [0.25, 0.3) is 0 Å². The van der Waals surface area contributed by atoms with Crippen LogP contribution in [0.15, 0.2) is 30.3 Å². The number of alkyl halides is 1. The largest absolute Gasteiger partial charge is 0.301 e. The van der Waals surface area contributed by atoms with E-state index in [1.807, 2.05) is 0 Å². The number of piperazine rings is 1. The lowest BCUT2D eigenvalue weighted by Gasteiger charge is -2.34. The van der Waals surface area contributed by atoms with Crippen molar-refractivity contribution in [3.63, 3.8) is 0 Å². The predicted octanol–water partition coefficient (Wildman–Crippen LogP) is 3.21. The fourth-order valence-electron chi connectivity index (χ4n) is 2.62. The van der Waals surface area contributed by atoms with Gasteiger partial charge in [-0.15, -0.1) is 11.6 Å². The number of halogens is 1. The zero-order valence-electron chi connectivity index (χ0n) is 11.7. The molecule has 1 saturated heterocycles. The summed E-state index contributed by atoms with van der Waals surface area (Å²) in [5, 5.41) is 0. The lowest BCUT2D eigenvalue weighted by molar-refractivity contribution is 0.125. The van der Waals surface area contributed by atoms with Gasteiger partial charge in [-0.25, -0.2) is 0 Å². The van der Waals surface area contributed by atoms with E-state index in [1.165, 1.54) is 51.1 Å². The Bertz CT molecular complexity index is 334. The maximum atomic E-state index is 5.70. The number of unbranched alkanes of at least 4 members (excludes halogenated alkanes) is 2. The van der Waals surface area contributed by atoms with E-state index in [0.717, 1.165) is 18.8 Å². The van der Waals surface area contributed by atoms with Crippen molar-refractivity contribution in [1.29, 1.82) is 0 Å². The Labute approximate surface area is 122 Å². The molecule has 1 heterocycles. The fraction of sp³-hybridized carbons (Fsp3) is 0.625. The average Bonchev–Trinajstić information content (AvgIpc) is 2.46. The van der Waals surface area contributed by atoms with E-state index in [9.17, 15) is 0 Å².